The third-order valence-electron chi connectivity index (χ3n) is 2.35. The number of nitrogens with one attached hydrogen (secondary N) is 2. The SMILES string of the molecule is CCCOc1nc(NN)nc(Nc2cc(Br)ccc2Cl)n1. The van der Waals surface area contributed by atoms with Gasteiger partial charge in [0.2, 0.25) is 11.9 Å². The number of nitrogen functional groups attached to an aromatic ring is 1. The first-order valence-corrected chi connectivity index (χ1v) is 7.37. The van der Waals surface area contributed by atoms with E-state index in [0.29, 0.717) is 17.3 Å². The van der Waals surface area contributed by atoms with Gasteiger partial charge in [-0.3, -0.25) is 5.43 Å². The van der Waals surface area contributed by atoms with Crippen molar-refractivity contribution in [1.82, 2.24) is 15.0 Å². The molecular formula is C12H14BrClN6O. The highest BCUT2D eigenvalue weighted by molar-refractivity contribution is 9.10. The van der Waals surface area contributed by atoms with Crippen molar-refractivity contribution in [1.29, 1.82) is 0 Å². The highest BCUT2D eigenvalue weighted by Gasteiger charge is 2.09. The van der Waals surface area contributed by atoms with Crippen LogP contribution in [0.1, 0.15) is 13.3 Å². The van der Waals surface area contributed by atoms with Gasteiger partial charge in [0.1, 0.15) is 0 Å². The van der Waals surface area contributed by atoms with Crippen LogP contribution in [0.3, 0.4) is 0 Å². The highest BCUT2D eigenvalue weighted by Crippen LogP contribution is 2.28. The zero-order chi connectivity index (χ0) is 15.2. The Hall–Kier alpha value is -1.64. The third kappa shape index (κ3) is 4.42. The lowest BCUT2D eigenvalue weighted by molar-refractivity contribution is 0.292. The molecule has 1 aromatic carbocycles. The van der Waals surface area contributed by atoms with Crippen LogP contribution in [0.15, 0.2) is 22.7 Å². The van der Waals surface area contributed by atoms with Gasteiger partial charge in [-0.25, -0.2) is 5.84 Å². The zero-order valence-electron chi connectivity index (χ0n) is 11.2. The van der Waals surface area contributed by atoms with Crippen LogP contribution >= 0.6 is 27.5 Å². The van der Waals surface area contributed by atoms with Gasteiger partial charge in [0.15, 0.2) is 0 Å². The van der Waals surface area contributed by atoms with E-state index in [1.807, 2.05) is 19.1 Å². The second-order valence-electron chi connectivity index (χ2n) is 4.01. The van der Waals surface area contributed by atoms with Crippen LogP contribution in [0.5, 0.6) is 6.01 Å². The fourth-order valence-electron chi connectivity index (χ4n) is 1.45. The molecule has 112 valence electrons. The summed E-state index contributed by atoms with van der Waals surface area (Å²) >= 11 is 9.49. The smallest absolute Gasteiger partial charge is 0.323 e. The summed E-state index contributed by atoms with van der Waals surface area (Å²) in [6.07, 6.45) is 0.845. The van der Waals surface area contributed by atoms with Crippen molar-refractivity contribution >= 4 is 45.1 Å². The first-order valence-electron chi connectivity index (χ1n) is 6.20. The molecule has 0 saturated heterocycles. The Bertz CT molecular complexity index is 627. The maximum Gasteiger partial charge on any atom is 0.323 e. The summed E-state index contributed by atoms with van der Waals surface area (Å²) in [5, 5.41) is 3.54. The summed E-state index contributed by atoms with van der Waals surface area (Å²) in [6.45, 7) is 2.49. The van der Waals surface area contributed by atoms with E-state index < -0.39 is 0 Å². The Morgan fingerprint density at radius 2 is 2.05 bits per heavy atom. The number of anilines is 3. The molecule has 0 saturated carbocycles. The minimum atomic E-state index is 0.188. The third-order valence-corrected chi connectivity index (χ3v) is 3.18. The van der Waals surface area contributed by atoms with Crippen LogP contribution in [0.4, 0.5) is 17.6 Å². The minimum Gasteiger partial charge on any atom is -0.463 e. The lowest BCUT2D eigenvalue weighted by Crippen LogP contribution is -2.14. The topological polar surface area (TPSA) is 98.0 Å². The Morgan fingerprint density at radius 1 is 1.29 bits per heavy atom. The molecule has 0 atom stereocenters. The van der Waals surface area contributed by atoms with Crippen molar-refractivity contribution in [3.8, 4) is 6.01 Å². The molecule has 1 aromatic heterocycles. The van der Waals surface area contributed by atoms with E-state index in [9.17, 15) is 0 Å². The molecule has 0 aliphatic carbocycles. The lowest BCUT2D eigenvalue weighted by Gasteiger charge is -2.10. The van der Waals surface area contributed by atoms with Gasteiger partial charge < -0.3 is 10.1 Å². The van der Waals surface area contributed by atoms with Crippen molar-refractivity contribution in [2.45, 2.75) is 13.3 Å². The number of hydrazine groups is 1. The average Bonchev–Trinajstić information content (AvgIpc) is 2.48. The molecule has 0 amide bonds. The number of nitrogens with zero attached hydrogens (tertiary/aromatic N) is 3. The van der Waals surface area contributed by atoms with Crippen molar-refractivity contribution in [2.24, 2.45) is 5.84 Å². The number of halogens is 2. The van der Waals surface area contributed by atoms with Crippen molar-refractivity contribution in [2.75, 3.05) is 17.3 Å². The van der Waals surface area contributed by atoms with E-state index >= 15 is 0 Å². The molecule has 4 N–H and O–H groups in total. The van der Waals surface area contributed by atoms with Crippen molar-refractivity contribution in [3.63, 3.8) is 0 Å². The molecule has 0 unspecified atom stereocenters. The summed E-state index contributed by atoms with van der Waals surface area (Å²) in [6, 6.07) is 5.59. The summed E-state index contributed by atoms with van der Waals surface area (Å²) in [7, 11) is 0. The van der Waals surface area contributed by atoms with Crippen LogP contribution in [-0.4, -0.2) is 21.6 Å². The van der Waals surface area contributed by atoms with Crippen molar-refractivity contribution in [3.05, 3.63) is 27.7 Å². The standard InChI is InChI=1S/C12H14BrClN6O/c1-2-5-21-12-18-10(17-11(19-12)20-15)16-9-6-7(13)3-4-8(9)14/h3-4,6H,2,5,15H2,1H3,(H2,16,17,18,19,20). The zero-order valence-corrected chi connectivity index (χ0v) is 13.6. The molecule has 1 heterocycles. The molecule has 0 aliphatic rings. The number of aromatic nitrogens is 3. The predicted octanol–water partition coefficient (Wildman–Crippen LogP) is 3.11. The molecule has 7 nitrogen and oxygen atoms in total. The fraction of sp³-hybridized carbons (Fsp3) is 0.250. The summed E-state index contributed by atoms with van der Waals surface area (Å²) < 4.78 is 6.27. The Morgan fingerprint density at radius 3 is 2.76 bits per heavy atom. The first kappa shape index (κ1) is 15.7. The second-order valence-corrected chi connectivity index (χ2v) is 5.33. The summed E-state index contributed by atoms with van der Waals surface area (Å²) in [4.78, 5) is 12.3. The minimum absolute atomic E-state index is 0.188. The quantitative estimate of drug-likeness (QED) is 0.528. The number of hydrogen-bond donors (Lipinski definition) is 3. The largest absolute Gasteiger partial charge is 0.463 e. The van der Waals surface area contributed by atoms with Crippen LogP contribution in [0.25, 0.3) is 0 Å². The summed E-state index contributed by atoms with van der Waals surface area (Å²) in [5.41, 5.74) is 3.03. The van der Waals surface area contributed by atoms with Gasteiger partial charge in [0.05, 0.1) is 17.3 Å². The van der Waals surface area contributed by atoms with Gasteiger partial charge in [-0.1, -0.05) is 34.5 Å². The van der Waals surface area contributed by atoms with Crippen LogP contribution in [0.2, 0.25) is 5.02 Å². The van der Waals surface area contributed by atoms with E-state index in [2.05, 4.69) is 41.6 Å². The molecule has 0 fully saturated rings. The normalized spacial score (nSPS) is 10.3. The Kier molecular flexibility index (Phi) is 5.54. The van der Waals surface area contributed by atoms with Gasteiger partial charge in [0, 0.05) is 4.47 Å². The van der Waals surface area contributed by atoms with E-state index in [1.54, 1.807) is 6.07 Å². The van der Waals surface area contributed by atoms with Gasteiger partial charge in [0.25, 0.3) is 0 Å². The molecule has 21 heavy (non-hydrogen) atoms. The molecule has 2 aromatic rings. The molecule has 0 bridgehead atoms. The van der Waals surface area contributed by atoms with E-state index in [-0.39, 0.29) is 17.9 Å². The molecule has 9 heteroatoms. The number of hydrogen-bond acceptors (Lipinski definition) is 7. The fourth-order valence-corrected chi connectivity index (χ4v) is 1.97. The van der Waals surface area contributed by atoms with Gasteiger partial charge in [-0.2, -0.15) is 15.0 Å². The Labute approximate surface area is 135 Å². The molecule has 0 radical (unpaired) electrons. The van der Waals surface area contributed by atoms with Gasteiger partial charge >= 0.3 is 6.01 Å². The Balaban J connectivity index is 2.27. The maximum atomic E-state index is 6.12. The molecule has 0 aliphatic heterocycles. The number of ether oxygens (including phenoxy) is 1. The number of rotatable bonds is 6. The summed E-state index contributed by atoms with van der Waals surface area (Å²) in [5.74, 6) is 5.82. The van der Waals surface area contributed by atoms with Crippen LogP contribution in [0, 0.1) is 0 Å². The van der Waals surface area contributed by atoms with E-state index in [1.165, 1.54) is 0 Å². The first-order chi connectivity index (χ1) is 10.1. The monoisotopic (exact) mass is 372 g/mol. The second kappa shape index (κ2) is 7.39. The predicted molar refractivity (Wildman–Crippen MR) is 85.9 cm³/mol. The van der Waals surface area contributed by atoms with Crippen molar-refractivity contribution < 1.29 is 4.74 Å². The van der Waals surface area contributed by atoms with Crippen LogP contribution in [-0.2, 0) is 0 Å². The maximum absolute atomic E-state index is 6.12. The van der Waals surface area contributed by atoms with E-state index in [4.69, 9.17) is 22.2 Å². The molecule has 2 rings (SSSR count). The van der Waals surface area contributed by atoms with Crippen LogP contribution < -0.4 is 21.3 Å². The molecular weight excluding hydrogens is 360 g/mol. The van der Waals surface area contributed by atoms with Gasteiger partial charge in [-0.15, -0.1) is 0 Å². The average molecular weight is 374 g/mol. The van der Waals surface area contributed by atoms with Gasteiger partial charge in [-0.05, 0) is 24.6 Å². The lowest BCUT2D eigenvalue weighted by atomic mass is 10.3. The molecule has 0 spiro atoms. The highest BCUT2D eigenvalue weighted by atomic mass is 79.9. The van der Waals surface area contributed by atoms with E-state index in [0.717, 1.165) is 10.9 Å². The number of nitrogens with two attached hydrogens (primary N) is 1. The number of benzene rings is 1.